The Hall–Kier alpha value is -3.15. The van der Waals surface area contributed by atoms with Crippen LogP contribution in [0.2, 0.25) is 0 Å². The zero-order chi connectivity index (χ0) is 15.5. The molecule has 2 N–H and O–H groups in total. The van der Waals surface area contributed by atoms with E-state index in [0.29, 0.717) is 11.5 Å². The van der Waals surface area contributed by atoms with Crippen LogP contribution in [0.1, 0.15) is 11.1 Å². The van der Waals surface area contributed by atoms with Crippen LogP contribution < -0.4 is 10.9 Å². The molecule has 2 heterocycles. The molecule has 0 spiro atoms. The lowest BCUT2D eigenvalue weighted by molar-refractivity contribution is 0.322. The molecule has 2 aromatic heterocycles. The fourth-order valence-electron chi connectivity index (χ4n) is 2.19. The third kappa shape index (κ3) is 2.54. The summed E-state index contributed by atoms with van der Waals surface area (Å²) in [4.78, 5) is 17.0. The molecule has 0 aliphatic carbocycles. The fourth-order valence-corrected chi connectivity index (χ4v) is 2.19. The first-order chi connectivity index (χ1) is 10.7. The van der Waals surface area contributed by atoms with Gasteiger partial charge in [0, 0.05) is 11.9 Å². The second-order valence-electron chi connectivity index (χ2n) is 4.85. The van der Waals surface area contributed by atoms with Crippen LogP contribution in [0.25, 0.3) is 5.65 Å². The molecule has 3 rings (SSSR count). The van der Waals surface area contributed by atoms with Crippen molar-refractivity contribution in [2.75, 3.05) is 5.32 Å². The number of nitrogens with zero attached hydrogens (tertiary/aromatic N) is 3. The van der Waals surface area contributed by atoms with Gasteiger partial charge in [-0.2, -0.15) is 0 Å². The molecule has 6 nitrogen and oxygen atoms in total. The van der Waals surface area contributed by atoms with Crippen LogP contribution in [-0.2, 0) is 0 Å². The summed E-state index contributed by atoms with van der Waals surface area (Å²) in [5.41, 5.74) is 2.13. The minimum absolute atomic E-state index is 0.189. The average molecular weight is 294 g/mol. The number of hydrogen-bond donors (Lipinski definition) is 2. The zero-order valence-electron chi connectivity index (χ0n) is 11.9. The molecule has 22 heavy (non-hydrogen) atoms. The van der Waals surface area contributed by atoms with Gasteiger partial charge in [-0.3, -0.25) is 9.20 Å². The van der Waals surface area contributed by atoms with E-state index >= 15 is 0 Å². The van der Waals surface area contributed by atoms with Crippen molar-refractivity contribution in [1.82, 2.24) is 9.38 Å². The maximum absolute atomic E-state index is 12.6. The molecule has 1 aromatic carbocycles. The van der Waals surface area contributed by atoms with E-state index in [1.165, 1.54) is 4.40 Å². The molecule has 6 heteroatoms. The molecule has 0 aliphatic heterocycles. The standard InChI is InChI=1S/C16H14N4O2/c1-11-7-8-14-19-15(18-12-5-3-2-4-6-12)13(9-17-22)16(21)20(14)10-11/h2-10,18,22H,1H3/b17-9+. The Balaban J connectivity index is 2.22. The number of anilines is 2. The number of para-hydroxylation sites is 1. The Bertz CT molecular complexity index is 901. The van der Waals surface area contributed by atoms with Gasteiger partial charge in [0.15, 0.2) is 0 Å². The van der Waals surface area contributed by atoms with Crippen molar-refractivity contribution in [1.29, 1.82) is 0 Å². The number of nitrogens with one attached hydrogen (secondary N) is 1. The average Bonchev–Trinajstić information content (AvgIpc) is 2.53. The topological polar surface area (TPSA) is 79.0 Å². The van der Waals surface area contributed by atoms with Gasteiger partial charge in [0.05, 0.1) is 6.21 Å². The number of rotatable bonds is 3. The first-order valence-electron chi connectivity index (χ1n) is 6.71. The molecule has 110 valence electrons. The predicted molar refractivity (Wildman–Crippen MR) is 85.3 cm³/mol. The predicted octanol–water partition coefficient (Wildman–Crippen LogP) is 2.55. The van der Waals surface area contributed by atoms with Gasteiger partial charge >= 0.3 is 0 Å². The number of hydrogen-bond acceptors (Lipinski definition) is 5. The zero-order valence-corrected chi connectivity index (χ0v) is 11.9. The molecular weight excluding hydrogens is 280 g/mol. The highest BCUT2D eigenvalue weighted by atomic mass is 16.4. The van der Waals surface area contributed by atoms with Crippen molar-refractivity contribution in [2.45, 2.75) is 6.92 Å². The van der Waals surface area contributed by atoms with Crippen molar-refractivity contribution in [3.8, 4) is 0 Å². The molecule has 0 fully saturated rings. The monoisotopic (exact) mass is 294 g/mol. The van der Waals surface area contributed by atoms with E-state index in [1.54, 1.807) is 12.3 Å². The van der Waals surface area contributed by atoms with Crippen LogP contribution in [0.5, 0.6) is 0 Å². The summed E-state index contributed by atoms with van der Waals surface area (Å²) in [5.74, 6) is 0.345. The first kappa shape index (κ1) is 13.8. The maximum Gasteiger partial charge on any atom is 0.269 e. The largest absolute Gasteiger partial charge is 0.411 e. The van der Waals surface area contributed by atoms with Crippen LogP contribution in [-0.4, -0.2) is 20.8 Å². The second kappa shape index (κ2) is 5.69. The van der Waals surface area contributed by atoms with Crippen molar-refractivity contribution in [2.24, 2.45) is 5.16 Å². The minimum Gasteiger partial charge on any atom is -0.411 e. The van der Waals surface area contributed by atoms with Gasteiger partial charge in [0.25, 0.3) is 5.56 Å². The number of oxime groups is 1. The highest BCUT2D eigenvalue weighted by molar-refractivity contribution is 5.87. The van der Waals surface area contributed by atoms with Gasteiger partial charge in [-0.05, 0) is 30.7 Å². The molecule has 3 aromatic rings. The van der Waals surface area contributed by atoms with Crippen LogP contribution in [0.3, 0.4) is 0 Å². The summed E-state index contributed by atoms with van der Waals surface area (Å²) in [6, 6.07) is 13.0. The molecule has 0 radical (unpaired) electrons. The quantitative estimate of drug-likeness (QED) is 0.442. The highest BCUT2D eigenvalue weighted by Crippen LogP contribution is 2.16. The minimum atomic E-state index is -0.301. The van der Waals surface area contributed by atoms with Crippen molar-refractivity contribution in [3.05, 3.63) is 70.1 Å². The highest BCUT2D eigenvalue weighted by Gasteiger charge is 2.11. The van der Waals surface area contributed by atoms with E-state index in [9.17, 15) is 4.79 Å². The molecule has 0 atom stereocenters. The van der Waals surface area contributed by atoms with Crippen molar-refractivity contribution < 1.29 is 5.21 Å². The molecule has 0 amide bonds. The van der Waals surface area contributed by atoms with Crippen LogP contribution in [0.4, 0.5) is 11.5 Å². The third-order valence-electron chi connectivity index (χ3n) is 3.23. The van der Waals surface area contributed by atoms with E-state index in [2.05, 4.69) is 15.5 Å². The van der Waals surface area contributed by atoms with Gasteiger partial charge in [-0.25, -0.2) is 4.98 Å². The molecule has 0 unspecified atom stereocenters. The van der Waals surface area contributed by atoms with Crippen LogP contribution in [0, 0.1) is 6.92 Å². The van der Waals surface area contributed by atoms with Crippen LogP contribution in [0.15, 0.2) is 58.6 Å². The summed E-state index contributed by atoms with van der Waals surface area (Å²) in [6.07, 6.45) is 2.79. The molecule has 0 saturated heterocycles. The van der Waals surface area contributed by atoms with E-state index in [0.717, 1.165) is 17.5 Å². The normalized spacial score (nSPS) is 11.1. The third-order valence-corrected chi connectivity index (χ3v) is 3.23. The lowest BCUT2D eigenvalue weighted by Gasteiger charge is -2.10. The van der Waals surface area contributed by atoms with Gasteiger partial charge < -0.3 is 10.5 Å². The van der Waals surface area contributed by atoms with E-state index in [4.69, 9.17) is 5.21 Å². The summed E-state index contributed by atoms with van der Waals surface area (Å²) in [5, 5.41) is 14.9. The van der Waals surface area contributed by atoms with Gasteiger partial charge in [-0.1, -0.05) is 29.4 Å². The Morgan fingerprint density at radius 1 is 1.23 bits per heavy atom. The smallest absolute Gasteiger partial charge is 0.269 e. The summed E-state index contributed by atoms with van der Waals surface area (Å²) in [7, 11) is 0. The lowest BCUT2D eigenvalue weighted by atomic mass is 10.2. The van der Waals surface area contributed by atoms with Gasteiger partial charge in [0.1, 0.15) is 17.0 Å². The van der Waals surface area contributed by atoms with Crippen molar-refractivity contribution in [3.63, 3.8) is 0 Å². The number of aryl methyl sites for hydroxylation is 1. The summed E-state index contributed by atoms with van der Waals surface area (Å²) in [6.45, 7) is 1.89. The lowest BCUT2D eigenvalue weighted by Crippen LogP contribution is -2.21. The second-order valence-corrected chi connectivity index (χ2v) is 4.85. The van der Waals surface area contributed by atoms with Crippen LogP contribution >= 0.6 is 0 Å². The number of benzene rings is 1. The Labute approximate surface area is 126 Å². The van der Waals surface area contributed by atoms with E-state index in [1.807, 2.05) is 43.3 Å². The Morgan fingerprint density at radius 3 is 2.73 bits per heavy atom. The molecular formula is C16H14N4O2. The number of pyridine rings is 1. The SMILES string of the molecule is Cc1ccc2nc(Nc3ccccc3)c(/C=N/O)c(=O)n2c1. The van der Waals surface area contributed by atoms with Crippen molar-refractivity contribution >= 4 is 23.4 Å². The first-order valence-corrected chi connectivity index (χ1v) is 6.71. The maximum atomic E-state index is 12.6. The molecule has 0 aliphatic rings. The molecule has 0 saturated carbocycles. The number of fused-ring (bicyclic) bond motifs is 1. The Morgan fingerprint density at radius 2 is 2.00 bits per heavy atom. The Kier molecular flexibility index (Phi) is 3.57. The van der Waals surface area contributed by atoms with Gasteiger partial charge in [-0.15, -0.1) is 0 Å². The van der Waals surface area contributed by atoms with E-state index < -0.39 is 0 Å². The summed E-state index contributed by atoms with van der Waals surface area (Å²) >= 11 is 0. The number of aromatic nitrogens is 2. The van der Waals surface area contributed by atoms with Gasteiger partial charge in [0.2, 0.25) is 0 Å². The molecule has 0 bridgehead atoms. The fraction of sp³-hybridized carbons (Fsp3) is 0.0625. The van der Waals surface area contributed by atoms with E-state index in [-0.39, 0.29) is 11.1 Å². The summed E-state index contributed by atoms with van der Waals surface area (Å²) < 4.78 is 1.43.